The van der Waals surface area contributed by atoms with E-state index in [2.05, 4.69) is 12.2 Å². The van der Waals surface area contributed by atoms with Gasteiger partial charge in [0.1, 0.15) is 0 Å². The van der Waals surface area contributed by atoms with E-state index < -0.39 is 7.26 Å². The molecule has 1 aliphatic carbocycles. The van der Waals surface area contributed by atoms with Crippen molar-refractivity contribution in [3.8, 4) is 0 Å². The van der Waals surface area contributed by atoms with Gasteiger partial charge in [-0.15, -0.1) is 0 Å². The van der Waals surface area contributed by atoms with Crippen molar-refractivity contribution in [2.75, 3.05) is 23.8 Å². The molecule has 135 valence electrons. The molecule has 0 atom stereocenters. The quantitative estimate of drug-likeness (QED) is 0.551. The summed E-state index contributed by atoms with van der Waals surface area (Å²) in [7, 11) is -1.18. The fourth-order valence-corrected chi connectivity index (χ4v) is 11.0. The number of hydrogen-bond acceptors (Lipinski definition) is 1. The van der Waals surface area contributed by atoms with Gasteiger partial charge < -0.3 is 5.32 Å². The monoisotopic (exact) mass is 455 g/mol. The number of nitrogens with one attached hydrogen (secondary N) is 1. The van der Waals surface area contributed by atoms with Crippen LogP contribution < -0.4 is 5.32 Å². The minimum Gasteiger partial charge on any atom is -0.322 e. The van der Waals surface area contributed by atoms with Crippen LogP contribution in [-0.2, 0) is 37.5 Å². The second-order valence-electron chi connectivity index (χ2n) is 7.72. The van der Waals surface area contributed by atoms with Gasteiger partial charge in [-0.1, -0.05) is 11.6 Å². The average molecular weight is 456 g/mol. The van der Waals surface area contributed by atoms with E-state index in [4.69, 9.17) is 11.6 Å². The number of carbonyl (C=O) groups excluding carboxylic acids is 1. The van der Waals surface area contributed by atoms with Crippen LogP contribution in [0.15, 0.2) is 12.1 Å². The molecule has 0 aromatic heterocycles. The van der Waals surface area contributed by atoms with Crippen LogP contribution in [0, 0.1) is 13.8 Å². The standard InChI is InChI=1S/C20H29ClNOP.Y/c1-4-24(11-6-5-7-12-24)20(9-8-10-20)19(23)22-18-15(2)13-17(21)14-16(18)3;/h13-14H,4-12H2,1-3H3;/p+1. The second kappa shape index (κ2) is 8.68. The Hall–Kier alpha value is 0.514. The summed E-state index contributed by atoms with van der Waals surface area (Å²) in [6.45, 7) is 6.41. The number of hydrogen-bond donors (Lipinski definition) is 1. The number of aryl methyl sites for hydroxylation is 2. The summed E-state index contributed by atoms with van der Waals surface area (Å²) < 4.78 is 0. The molecule has 1 N–H and O–H groups in total. The fourth-order valence-electron chi connectivity index (χ4n) is 4.93. The summed E-state index contributed by atoms with van der Waals surface area (Å²) in [5.41, 5.74) is 3.10. The van der Waals surface area contributed by atoms with Crippen molar-refractivity contribution in [2.45, 2.75) is 64.5 Å². The number of carbonyl (C=O) groups is 1. The van der Waals surface area contributed by atoms with Crippen molar-refractivity contribution >= 4 is 30.5 Å². The molecule has 0 bridgehead atoms. The first-order valence-corrected chi connectivity index (χ1v) is 12.1. The molecule has 1 aromatic carbocycles. The molecule has 1 aliphatic heterocycles. The molecular formula is C20H30ClNOPY+. The molecule has 0 spiro atoms. The first-order chi connectivity index (χ1) is 11.4. The van der Waals surface area contributed by atoms with E-state index in [0.717, 1.165) is 34.7 Å². The molecule has 1 radical (unpaired) electrons. The average Bonchev–Trinajstić information content (AvgIpc) is 2.50. The maximum atomic E-state index is 13.5. The maximum Gasteiger partial charge on any atom is 0.268 e. The zero-order chi connectivity index (χ0) is 17.4. The molecule has 3 rings (SSSR count). The van der Waals surface area contributed by atoms with Gasteiger partial charge in [-0.2, -0.15) is 0 Å². The normalized spacial score (nSPS) is 21.0. The maximum absolute atomic E-state index is 13.5. The minimum atomic E-state index is -1.18. The Morgan fingerprint density at radius 2 is 1.68 bits per heavy atom. The van der Waals surface area contributed by atoms with Gasteiger partial charge >= 0.3 is 0 Å². The number of rotatable bonds is 4. The van der Waals surface area contributed by atoms with Gasteiger partial charge in [-0.05, 0) is 82.6 Å². The van der Waals surface area contributed by atoms with Crippen LogP contribution in [-0.4, -0.2) is 29.5 Å². The molecule has 5 heteroatoms. The van der Waals surface area contributed by atoms with Crippen molar-refractivity contribution in [1.82, 2.24) is 0 Å². The molecule has 1 saturated carbocycles. The first kappa shape index (κ1) is 21.8. The van der Waals surface area contributed by atoms with Gasteiger partial charge in [-0.3, -0.25) is 4.79 Å². The molecule has 1 saturated heterocycles. The summed E-state index contributed by atoms with van der Waals surface area (Å²) in [6, 6.07) is 3.89. The largest absolute Gasteiger partial charge is 0.322 e. The van der Waals surface area contributed by atoms with Gasteiger partial charge in [0.2, 0.25) is 0 Å². The molecule has 2 nitrogen and oxygen atoms in total. The van der Waals surface area contributed by atoms with E-state index in [-0.39, 0.29) is 37.9 Å². The van der Waals surface area contributed by atoms with Crippen LogP contribution in [0.4, 0.5) is 5.69 Å². The molecule has 1 aromatic rings. The van der Waals surface area contributed by atoms with E-state index in [0.29, 0.717) is 5.91 Å². The van der Waals surface area contributed by atoms with Gasteiger partial charge in [-0.25, -0.2) is 0 Å². The third-order valence-corrected chi connectivity index (χ3v) is 12.8. The smallest absolute Gasteiger partial charge is 0.268 e. The summed E-state index contributed by atoms with van der Waals surface area (Å²) in [4.78, 5) is 13.5. The Balaban J connectivity index is 0.00000225. The fraction of sp³-hybridized carbons (Fsp3) is 0.650. The van der Waals surface area contributed by atoms with Gasteiger partial charge in [0, 0.05) is 50.7 Å². The van der Waals surface area contributed by atoms with Crippen LogP contribution in [0.25, 0.3) is 0 Å². The Morgan fingerprint density at radius 1 is 1.12 bits per heavy atom. The number of anilines is 1. The van der Waals surface area contributed by atoms with Crippen LogP contribution in [0.3, 0.4) is 0 Å². The van der Waals surface area contributed by atoms with Crippen LogP contribution in [0.2, 0.25) is 5.02 Å². The van der Waals surface area contributed by atoms with E-state index in [1.165, 1.54) is 44.2 Å². The summed E-state index contributed by atoms with van der Waals surface area (Å²) in [5, 5.41) is 4.04. The minimum absolute atomic E-state index is 0. The predicted molar refractivity (Wildman–Crippen MR) is 107 cm³/mol. The van der Waals surface area contributed by atoms with Crippen LogP contribution in [0.5, 0.6) is 0 Å². The van der Waals surface area contributed by atoms with Crippen molar-refractivity contribution in [3.05, 3.63) is 28.3 Å². The first-order valence-electron chi connectivity index (χ1n) is 9.38. The van der Waals surface area contributed by atoms with E-state index in [9.17, 15) is 4.79 Å². The van der Waals surface area contributed by atoms with Crippen molar-refractivity contribution in [1.29, 1.82) is 0 Å². The molecule has 2 aliphatic rings. The van der Waals surface area contributed by atoms with Crippen molar-refractivity contribution in [2.24, 2.45) is 0 Å². The molecule has 0 unspecified atom stereocenters. The zero-order valence-corrected chi connectivity index (χ0v) is 20.3. The number of halogens is 1. The van der Waals surface area contributed by atoms with Crippen LogP contribution >= 0.6 is 18.9 Å². The summed E-state index contributed by atoms with van der Waals surface area (Å²) in [5.74, 6) is 0.305. The Kier molecular flexibility index (Phi) is 7.57. The van der Waals surface area contributed by atoms with E-state index >= 15 is 0 Å². The van der Waals surface area contributed by atoms with Crippen molar-refractivity contribution in [3.63, 3.8) is 0 Å². The third-order valence-electron chi connectivity index (χ3n) is 6.52. The number of amides is 1. The predicted octanol–water partition coefficient (Wildman–Crippen LogP) is 6.04. The molecule has 25 heavy (non-hydrogen) atoms. The summed E-state index contributed by atoms with van der Waals surface area (Å²) in [6.07, 6.45) is 11.3. The second-order valence-corrected chi connectivity index (χ2v) is 12.8. The van der Waals surface area contributed by atoms with Crippen molar-refractivity contribution < 1.29 is 37.5 Å². The molecule has 2 fully saturated rings. The van der Waals surface area contributed by atoms with E-state index in [1.807, 2.05) is 26.0 Å². The van der Waals surface area contributed by atoms with Gasteiger partial charge in [0.05, 0.1) is 18.5 Å². The Morgan fingerprint density at radius 3 is 2.12 bits per heavy atom. The van der Waals surface area contributed by atoms with Gasteiger partial charge in [0.15, 0.2) is 5.16 Å². The molecule has 1 amide bonds. The Bertz CT molecular complexity index is 616. The SMILES string of the molecule is CC[P+]1(C2(C(=O)Nc3c(C)cc(Cl)cc3C)CCC2)CCCCC1.[Y]. The number of benzene rings is 1. The van der Waals surface area contributed by atoms with E-state index in [1.54, 1.807) is 0 Å². The molecule has 1 heterocycles. The summed E-state index contributed by atoms with van der Waals surface area (Å²) >= 11 is 6.15. The Labute approximate surface area is 183 Å². The zero-order valence-electron chi connectivity index (χ0n) is 15.8. The van der Waals surface area contributed by atoms with Crippen LogP contribution in [0.1, 0.15) is 56.6 Å². The third kappa shape index (κ3) is 3.89. The molecular weight excluding hydrogens is 426 g/mol. The topological polar surface area (TPSA) is 29.1 Å². The van der Waals surface area contributed by atoms with Gasteiger partial charge in [0.25, 0.3) is 5.91 Å².